The van der Waals surface area contributed by atoms with E-state index in [0.717, 1.165) is 33.7 Å². The summed E-state index contributed by atoms with van der Waals surface area (Å²) in [6.07, 6.45) is 10.4. The number of fused-ring (bicyclic) bond motifs is 5. The van der Waals surface area contributed by atoms with Crippen LogP contribution in [0.3, 0.4) is 0 Å². The lowest BCUT2D eigenvalue weighted by Gasteiger charge is -2.46. The normalized spacial score (nSPS) is 25.6. The van der Waals surface area contributed by atoms with Crippen molar-refractivity contribution in [2.24, 2.45) is 10.9 Å². The number of H-pyrrole nitrogens is 1. The second-order valence-corrected chi connectivity index (χ2v) is 10.2. The zero-order valence-corrected chi connectivity index (χ0v) is 20.2. The number of anilines is 1. The average molecular weight is 504 g/mol. The van der Waals surface area contributed by atoms with Gasteiger partial charge in [0.05, 0.1) is 17.8 Å². The Kier molecular flexibility index (Phi) is 4.96. The topological polar surface area (TPSA) is 60.9 Å². The van der Waals surface area contributed by atoms with Crippen molar-refractivity contribution in [3.63, 3.8) is 0 Å². The summed E-state index contributed by atoms with van der Waals surface area (Å²) in [5.41, 5.74) is 4.51. The molecule has 0 fully saturated rings. The second kappa shape index (κ2) is 7.89. The molecule has 2 aromatic carbocycles. The van der Waals surface area contributed by atoms with E-state index in [4.69, 9.17) is 9.73 Å². The van der Waals surface area contributed by atoms with Gasteiger partial charge in [-0.1, -0.05) is 46.3 Å². The van der Waals surface area contributed by atoms with Crippen molar-refractivity contribution in [2.45, 2.75) is 44.6 Å². The van der Waals surface area contributed by atoms with E-state index in [9.17, 15) is 5.11 Å². The highest BCUT2D eigenvalue weighted by molar-refractivity contribution is 9.10. The number of ether oxygens (including phenoxy) is 1. The lowest BCUT2D eigenvalue weighted by molar-refractivity contribution is 0.124. The van der Waals surface area contributed by atoms with Gasteiger partial charge in [-0.25, -0.2) is 0 Å². The summed E-state index contributed by atoms with van der Waals surface area (Å²) >= 11 is 3.63. The number of benzene rings is 2. The van der Waals surface area contributed by atoms with Crippen LogP contribution in [0.15, 0.2) is 76.4 Å². The Hall–Kier alpha value is -2.83. The number of aliphatic hydroxyl groups is 1. The maximum absolute atomic E-state index is 11.5. The Bertz CT molecular complexity index is 1320. The van der Waals surface area contributed by atoms with Crippen molar-refractivity contribution < 1.29 is 9.84 Å². The van der Waals surface area contributed by atoms with Gasteiger partial charge in [0.15, 0.2) is 0 Å². The standard InChI is InChI=1S/C27H26BrN3O2/c1-15(2)33-17-8-9-18-20(22-14-29-23-10-7-16(28)11-21(22)23)13-26-30-24-6-4-3-5-19(24)27(32)31(26)25(18)12-17/h3-12,14-15,19-20,24,27,29,32H,13H2,1-2H3. The number of aliphatic hydroxyl groups excluding tert-OH is 1. The molecule has 0 amide bonds. The van der Waals surface area contributed by atoms with E-state index in [1.54, 1.807) is 0 Å². The van der Waals surface area contributed by atoms with Crippen LogP contribution in [0.2, 0.25) is 0 Å². The molecule has 2 aliphatic heterocycles. The first-order valence-electron chi connectivity index (χ1n) is 11.5. The summed E-state index contributed by atoms with van der Waals surface area (Å²) in [5, 5.41) is 12.7. The van der Waals surface area contributed by atoms with Gasteiger partial charge in [-0.3, -0.25) is 4.99 Å². The lowest BCUT2D eigenvalue weighted by atomic mass is 9.81. The van der Waals surface area contributed by atoms with Crippen LogP contribution in [0, 0.1) is 5.92 Å². The van der Waals surface area contributed by atoms with Crippen molar-refractivity contribution in [3.05, 3.63) is 82.5 Å². The molecule has 4 unspecified atom stereocenters. The van der Waals surface area contributed by atoms with E-state index in [-0.39, 0.29) is 24.0 Å². The molecule has 0 bridgehead atoms. The van der Waals surface area contributed by atoms with Crippen LogP contribution in [0.5, 0.6) is 5.75 Å². The minimum Gasteiger partial charge on any atom is -0.491 e. The van der Waals surface area contributed by atoms with E-state index in [0.29, 0.717) is 0 Å². The van der Waals surface area contributed by atoms with Crippen LogP contribution in [0.4, 0.5) is 5.69 Å². The highest BCUT2D eigenvalue weighted by Gasteiger charge is 2.43. The zero-order valence-electron chi connectivity index (χ0n) is 18.6. The Morgan fingerprint density at radius 1 is 1.12 bits per heavy atom. The minimum atomic E-state index is -0.671. The summed E-state index contributed by atoms with van der Waals surface area (Å²) in [4.78, 5) is 10.6. The van der Waals surface area contributed by atoms with Gasteiger partial charge in [0.2, 0.25) is 0 Å². The number of hydrogen-bond donors (Lipinski definition) is 2. The number of aliphatic imine (C=N–C) groups is 1. The molecule has 3 aromatic rings. The van der Waals surface area contributed by atoms with Crippen LogP contribution in [0.25, 0.3) is 10.9 Å². The van der Waals surface area contributed by atoms with Crippen molar-refractivity contribution in [1.29, 1.82) is 0 Å². The van der Waals surface area contributed by atoms with Gasteiger partial charge >= 0.3 is 0 Å². The number of hydrogen-bond acceptors (Lipinski definition) is 4. The number of rotatable bonds is 3. The predicted octanol–water partition coefficient (Wildman–Crippen LogP) is 5.90. The number of aromatic amines is 1. The highest BCUT2D eigenvalue weighted by Crippen LogP contribution is 2.47. The molecule has 3 aliphatic rings. The van der Waals surface area contributed by atoms with Gasteiger partial charge in [0, 0.05) is 45.9 Å². The largest absolute Gasteiger partial charge is 0.491 e. The number of amidine groups is 1. The van der Waals surface area contributed by atoms with Crippen molar-refractivity contribution >= 4 is 38.4 Å². The molecule has 1 aliphatic carbocycles. The van der Waals surface area contributed by atoms with E-state index >= 15 is 0 Å². The van der Waals surface area contributed by atoms with E-state index < -0.39 is 6.23 Å². The third-order valence-electron chi connectivity index (χ3n) is 6.78. The quantitative estimate of drug-likeness (QED) is 0.467. The molecule has 6 rings (SSSR count). The highest BCUT2D eigenvalue weighted by atomic mass is 79.9. The van der Waals surface area contributed by atoms with Crippen molar-refractivity contribution in [3.8, 4) is 5.75 Å². The Balaban J connectivity index is 1.53. The molecular formula is C27H26BrN3O2. The summed E-state index contributed by atoms with van der Waals surface area (Å²) in [6.45, 7) is 4.05. The fraction of sp³-hybridized carbons (Fsp3) is 0.296. The van der Waals surface area contributed by atoms with Crippen molar-refractivity contribution in [2.75, 3.05) is 4.90 Å². The summed E-state index contributed by atoms with van der Waals surface area (Å²) in [7, 11) is 0. The number of halogens is 1. The summed E-state index contributed by atoms with van der Waals surface area (Å²) in [6, 6.07) is 12.6. The molecule has 6 heteroatoms. The molecule has 0 saturated carbocycles. The molecule has 33 heavy (non-hydrogen) atoms. The zero-order chi connectivity index (χ0) is 22.7. The molecule has 1 aromatic heterocycles. The number of aromatic nitrogens is 1. The third kappa shape index (κ3) is 3.44. The monoisotopic (exact) mass is 503 g/mol. The SMILES string of the molecule is CC(C)Oc1ccc2c(c1)N1C(=NC3C=CC=CC3C1O)CC2c1c[nH]c2ccc(Br)cc12. The average Bonchev–Trinajstić information content (AvgIpc) is 3.21. The van der Waals surface area contributed by atoms with E-state index in [1.807, 2.05) is 37.0 Å². The van der Waals surface area contributed by atoms with Crippen LogP contribution in [0.1, 0.15) is 37.3 Å². The second-order valence-electron chi connectivity index (χ2n) is 9.24. The van der Waals surface area contributed by atoms with Gasteiger partial charge in [-0.05, 0) is 49.2 Å². The Morgan fingerprint density at radius 2 is 1.97 bits per heavy atom. The van der Waals surface area contributed by atoms with Gasteiger partial charge < -0.3 is 19.7 Å². The third-order valence-corrected chi connectivity index (χ3v) is 7.27. The fourth-order valence-corrected chi connectivity index (χ4v) is 5.72. The molecule has 4 atom stereocenters. The van der Waals surface area contributed by atoms with Crippen LogP contribution < -0.4 is 9.64 Å². The summed E-state index contributed by atoms with van der Waals surface area (Å²) < 4.78 is 7.09. The first-order chi connectivity index (χ1) is 16.0. The predicted molar refractivity (Wildman–Crippen MR) is 136 cm³/mol. The van der Waals surface area contributed by atoms with Crippen LogP contribution in [-0.2, 0) is 0 Å². The van der Waals surface area contributed by atoms with Crippen LogP contribution >= 0.6 is 15.9 Å². The first kappa shape index (κ1) is 20.8. The molecule has 2 N–H and O–H groups in total. The molecule has 5 nitrogen and oxygen atoms in total. The fourth-order valence-electron chi connectivity index (χ4n) is 5.35. The first-order valence-corrected chi connectivity index (χ1v) is 12.2. The van der Waals surface area contributed by atoms with E-state index in [1.165, 1.54) is 16.5 Å². The Labute approximate surface area is 201 Å². The van der Waals surface area contributed by atoms with Gasteiger partial charge in [-0.2, -0.15) is 0 Å². The minimum absolute atomic E-state index is 0.0364. The molecule has 0 spiro atoms. The number of nitrogens with one attached hydrogen (secondary N) is 1. The maximum atomic E-state index is 11.5. The number of nitrogens with zero attached hydrogens (tertiary/aromatic N) is 2. The summed E-state index contributed by atoms with van der Waals surface area (Å²) in [5.74, 6) is 1.78. The lowest BCUT2D eigenvalue weighted by Crippen LogP contribution is -2.54. The van der Waals surface area contributed by atoms with Crippen molar-refractivity contribution in [1.82, 2.24) is 4.98 Å². The van der Waals surface area contributed by atoms with Crippen LogP contribution in [-0.4, -0.2) is 34.3 Å². The smallest absolute Gasteiger partial charge is 0.140 e. The number of allylic oxidation sites excluding steroid dienone is 2. The van der Waals surface area contributed by atoms with Gasteiger partial charge in [-0.15, -0.1) is 0 Å². The molecular weight excluding hydrogens is 478 g/mol. The molecule has 168 valence electrons. The molecule has 0 radical (unpaired) electrons. The van der Waals surface area contributed by atoms with Gasteiger partial charge in [0.25, 0.3) is 0 Å². The molecule has 3 heterocycles. The molecule has 0 saturated heterocycles. The van der Waals surface area contributed by atoms with E-state index in [2.05, 4.69) is 69.6 Å². The maximum Gasteiger partial charge on any atom is 0.140 e. The Morgan fingerprint density at radius 3 is 2.82 bits per heavy atom. The van der Waals surface area contributed by atoms with Gasteiger partial charge in [0.1, 0.15) is 17.8 Å².